The van der Waals surface area contributed by atoms with Gasteiger partial charge in [-0.3, -0.25) is 9.36 Å². The molecule has 0 aliphatic carbocycles. The molecule has 0 fully saturated rings. The molecule has 0 unspecified atom stereocenters. The number of aromatic nitrogens is 4. The molecule has 4 aromatic rings. The number of esters is 1. The molecule has 2 aromatic carbocycles. The number of benzene rings is 2. The van der Waals surface area contributed by atoms with Crippen molar-refractivity contribution in [2.75, 3.05) is 12.4 Å². The van der Waals surface area contributed by atoms with Crippen molar-refractivity contribution in [3.63, 3.8) is 0 Å². The summed E-state index contributed by atoms with van der Waals surface area (Å²) in [6.45, 7) is 3.36. The van der Waals surface area contributed by atoms with Crippen LogP contribution < -0.4 is 20.3 Å². The summed E-state index contributed by atoms with van der Waals surface area (Å²) < 4.78 is 11.6. The first-order valence-electron chi connectivity index (χ1n) is 9.18. The first kappa shape index (κ1) is 19.8. The van der Waals surface area contributed by atoms with Crippen LogP contribution in [0.2, 0.25) is 0 Å². The Kier molecular flexibility index (Phi) is 5.39. The number of rotatable bonds is 6. The van der Waals surface area contributed by atoms with Gasteiger partial charge in [0.25, 0.3) is 5.56 Å². The second-order valence-corrected chi connectivity index (χ2v) is 6.31. The molecule has 9 nitrogen and oxygen atoms in total. The van der Waals surface area contributed by atoms with Crippen molar-refractivity contribution in [3.8, 4) is 17.2 Å². The summed E-state index contributed by atoms with van der Waals surface area (Å²) in [5.41, 5.74) is 1.70. The van der Waals surface area contributed by atoms with Gasteiger partial charge >= 0.3 is 5.97 Å². The number of fused-ring (bicyclic) bond motifs is 1. The molecule has 2 heterocycles. The molecule has 0 amide bonds. The quantitative estimate of drug-likeness (QED) is 0.291. The molecule has 0 atom stereocenters. The SMILES string of the molecule is C=CC(=O)Oc1ccc(-n2c(=O)cnc3cnc(Nc4ccc(OC)cc4)nc32)cc1. The topological polar surface area (TPSA) is 108 Å². The molecular formula is C22H17N5O4. The molecule has 154 valence electrons. The highest BCUT2D eigenvalue weighted by Gasteiger charge is 2.11. The number of anilines is 2. The lowest BCUT2D eigenvalue weighted by molar-refractivity contribution is -0.128. The zero-order valence-electron chi connectivity index (χ0n) is 16.5. The Morgan fingerprint density at radius 3 is 2.42 bits per heavy atom. The van der Waals surface area contributed by atoms with Gasteiger partial charge < -0.3 is 14.8 Å². The average molecular weight is 415 g/mol. The van der Waals surface area contributed by atoms with Crippen molar-refractivity contribution < 1.29 is 14.3 Å². The summed E-state index contributed by atoms with van der Waals surface area (Å²) in [7, 11) is 1.59. The molecule has 31 heavy (non-hydrogen) atoms. The predicted octanol–water partition coefficient (Wildman–Crippen LogP) is 3.02. The summed E-state index contributed by atoms with van der Waals surface area (Å²) in [6.07, 6.45) is 3.81. The molecule has 0 aliphatic rings. The van der Waals surface area contributed by atoms with E-state index in [1.165, 1.54) is 17.0 Å². The van der Waals surface area contributed by atoms with Crippen LogP contribution in [0.1, 0.15) is 0 Å². The summed E-state index contributed by atoms with van der Waals surface area (Å²) in [6, 6.07) is 13.7. The molecule has 1 N–H and O–H groups in total. The van der Waals surface area contributed by atoms with Gasteiger partial charge in [-0.1, -0.05) is 6.58 Å². The first-order valence-corrected chi connectivity index (χ1v) is 9.18. The predicted molar refractivity (Wildman–Crippen MR) is 115 cm³/mol. The molecule has 0 radical (unpaired) electrons. The van der Waals surface area contributed by atoms with Crippen LogP contribution >= 0.6 is 0 Å². The highest BCUT2D eigenvalue weighted by Crippen LogP contribution is 2.20. The second kappa shape index (κ2) is 8.46. The van der Waals surface area contributed by atoms with Gasteiger partial charge in [0.2, 0.25) is 5.95 Å². The minimum atomic E-state index is -0.568. The number of methoxy groups -OCH3 is 1. The largest absolute Gasteiger partial charge is 0.497 e. The Morgan fingerprint density at radius 2 is 1.74 bits per heavy atom. The van der Waals surface area contributed by atoms with Crippen molar-refractivity contribution in [3.05, 3.63) is 83.9 Å². The minimum absolute atomic E-state index is 0.301. The molecule has 0 saturated heterocycles. The van der Waals surface area contributed by atoms with E-state index >= 15 is 0 Å². The standard InChI is InChI=1S/C22H17N5O4/c1-3-20(29)31-17-10-6-15(7-11-17)27-19(28)13-23-18-12-24-22(26-21(18)27)25-14-4-8-16(30-2)9-5-14/h3-13H,1H2,2H3,(H,24,25,26). The van der Waals surface area contributed by atoms with E-state index in [1.807, 2.05) is 24.3 Å². The van der Waals surface area contributed by atoms with Crippen LogP contribution in [0.4, 0.5) is 11.6 Å². The van der Waals surface area contributed by atoms with Crippen LogP contribution in [-0.2, 0) is 4.79 Å². The molecule has 2 aromatic heterocycles. The van der Waals surface area contributed by atoms with Crippen molar-refractivity contribution in [1.82, 2.24) is 19.5 Å². The summed E-state index contributed by atoms with van der Waals surface area (Å²) in [5, 5.41) is 3.09. The first-order chi connectivity index (χ1) is 15.1. The number of hydrogen-bond acceptors (Lipinski definition) is 8. The Balaban J connectivity index is 1.71. The minimum Gasteiger partial charge on any atom is -0.497 e. The molecule has 4 rings (SSSR count). The maximum atomic E-state index is 12.6. The van der Waals surface area contributed by atoms with Gasteiger partial charge in [0.05, 0.1) is 25.2 Å². The monoisotopic (exact) mass is 415 g/mol. The third-order valence-corrected chi connectivity index (χ3v) is 4.32. The number of ether oxygens (including phenoxy) is 2. The van der Waals surface area contributed by atoms with E-state index < -0.39 is 5.97 Å². The molecular weight excluding hydrogens is 398 g/mol. The Morgan fingerprint density at radius 1 is 1.03 bits per heavy atom. The Hall–Kier alpha value is -4.53. The summed E-state index contributed by atoms with van der Waals surface area (Å²) in [4.78, 5) is 36.8. The van der Waals surface area contributed by atoms with Gasteiger partial charge in [0.15, 0.2) is 5.65 Å². The van der Waals surface area contributed by atoms with Crippen LogP contribution in [0, 0.1) is 0 Å². The zero-order chi connectivity index (χ0) is 21.8. The number of nitrogens with one attached hydrogen (secondary N) is 1. The Labute approximate surface area is 176 Å². The molecule has 0 saturated carbocycles. The van der Waals surface area contributed by atoms with E-state index in [0.29, 0.717) is 28.5 Å². The third kappa shape index (κ3) is 4.25. The van der Waals surface area contributed by atoms with Crippen molar-refractivity contribution >= 4 is 28.8 Å². The molecule has 0 aliphatic heterocycles. The normalized spacial score (nSPS) is 10.5. The van der Waals surface area contributed by atoms with Gasteiger partial charge in [0, 0.05) is 11.8 Å². The zero-order valence-corrected chi connectivity index (χ0v) is 16.5. The van der Waals surface area contributed by atoms with Gasteiger partial charge in [-0.2, -0.15) is 4.98 Å². The maximum absolute atomic E-state index is 12.6. The fourth-order valence-electron chi connectivity index (χ4n) is 2.84. The van der Waals surface area contributed by atoms with E-state index in [1.54, 1.807) is 31.4 Å². The Bertz CT molecular complexity index is 1310. The van der Waals surface area contributed by atoms with Gasteiger partial charge in [0.1, 0.15) is 17.0 Å². The number of carbonyl (C=O) groups is 1. The number of nitrogens with zero attached hydrogens (tertiary/aromatic N) is 4. The second-order valence-electron chi connectivity index (χ2n) is 6.31. The average Bonchev–Trinajstić information content (AvgIpc) is 2.80. The lowest BCUT2D eigenvalue weighted by Crippen LogP contribution is -2.20. The van der Waals surface area contributed by atoms with Crippen molar-refractivity contribution in [2.45, 2.75) is 0 Å². The maximum Gasteiger partial charge on any atom is 0.335 e. The lowest BCUT2D eigenvalue weighted by Gasteiger charge is -2.11. The van der Waals surface area contributed by atoms with E-state index in [-0.39, 0.29) is 5.56 Å². The molecule has 0 spiro atoms. The summed E-state index contributed by atoms with van der Waals surface area (Å²) >= 11 is 0. The lowest BCUT2D eigenvalue weighted by atomic mass is 10.3. The highest BCUT2D eigenvalue weighted by molar-refractivity contribution is 5.83. The van der Waals surface area contributed by atoms with Crippen molar-refractivity contribution in [2.24, 2.45) is 0 Å². The van der Waals surface area contributed by atoms with Crippen LogP contribution in [0.3, 0.4) is 0 Å². The van der Waals surface area contributed by atoms with E-state index in [9.17, 15) is 9.59 Å². The highest BCUT2D eigenvalue weighted by atomic mass is 16.5. The van der Waals surface area contributed by atoms with Gasteiger partial charge in [-0.15, -0.1) is 0 Å². The van der Waals surface area contributed by atoms with E-state index in [0.717, 1.165) is 17.5 Å². The number of carbonyl (C=O) groups excluding carboxylic acids is 1. The fourth-order valence-corrected chi connectivity index (χ4v) is 2.84. The van der Waals surface area contributed by atoms with Crippen LogP contribution in [0.25, 0.3) is 16.9 Å². The third-order valence-electron chi connectivity index (χ3n) is 4.32. The van der Waals surface area contributed by atoms with Crippen LogP contribution in [-0.4, -0.2) is 32.6 Å². The molecule has 9 heteroatoms. The fraction of sp³-hybridized carbons (Fsp3) is 0.0455. The number of hydrogen-bond donors (Lipinski definition) is 1. The summed E-state index contributed by atoms with van der Waals surface area (Å²) in [5.74, 6) is 0.790. The van der Waals surface area contributed by atoms with Gasteiger partial charge in [-0.25, -0.2) is 14.8 Å². The molecule has 0 bridgehead atoms. The van der Waals surface area contributed by atoms with Crippen LogP contribution in [0.15, 0.2) is 78.4 Å². The smallest absolute Gasteiger partial charge is 0.335 e. The van der Waals surface area contributed by atoms with Crippen LogP contribution in [0.5, 0.6) is 11.5 Å². The van der Waals surface area contributed by atoms with E-state index in [2.05, 4.69) is 26.8 Å². The van der Waals surface area contributed by atoms with E-state index in [4.69, 9.17) is 9.47 Å². The van der Waals surface area contributed by atoms with Crippen molar-refractivity contribution in [1.29, 1.82) is 0 Å². The van der Waals surface area contributed by atoms with Gasteiger partial charge in [-0.05, 0) is 48.5 Å².